The lowest BCUT2D eigenvalue weighted by atomic mass is 9.86. The van der Waals surface area contributed by atoms with Crippen LogP contribution in [0, 0.1) is 24.7 Å². The molecule has 2 aliphatic heterocycles. The van der Waals surface area contributed by atoms with Gasteiger partial charge in [0.05, 0.1) is 4.90 Å². The Kier molecular flexibility index (Phi) is 9.40. The van der Waals surface area contributed by atoms with E-state index in [9.17, 15) is 18.3 Å². The van der Waals surface area contributed by atoms with Crippen molar-refractivity contribution in [3.63, 3.8) is 0 Å². The molecule has 2 aromatic rings. The number of carbonyl (C=O) groups is 1. The predicted molar refractivity (Wildman–Crippen MR) is 160 cm³/mol. The number of halogens is 2. The Balaban J connectivity index is 1.18. The number of benzene rings is 2. The molecule has 3 atom stereocenters. The second-order valence-electron chi connectivity index (χ2n) is 13.2. The highest BCUT2D eigenvalue weighted by molar-refractivity contribution is 7.90. The van der Waals surface area contributed by atoms with Gasteiger partial charge in [0.2, 0.25) is 0 Å². The smallest absolute Gasteiger partial charge is 0.320 e. The van der Waals surface area contributed by atoms with Crippen LogP contribution < -0.4 is 0 Å². The third-order valence-corrected chi connectivity index (χ3v) is 10.6. The average Bonchev–Trinajstić information content (AvgIpc) is 3.65. The highest BCUT2D eigenvalue weighted by atomic mass is 32.2. The number of rotatable bonds is 12. The number of nitrogens with zero attached hydrogens (tertiary/aromatic N) is 2. The van der Waals surface area contributed by atoms with E-state index >= 15 is 8.78 Å². The van der Waals surface area contributed by atoms with Crippen molar-refractivity contribution in [3.05, 3.63) is 65.2 Å². The van der Waals surface area contributed by atoms with Crippen LogP contribution in [0.5, 0.6) is 0 Å². The summed E-state index contributed by atoms with van der Waals surface area (Å²) in [6.07, 6.45) is 4.97. The van der Waals surface area contributed by atoms with Gasteiger partial charge in [0.25, 0.3) is 5.92 Å². The molecular weight excluding hydrogens is 558 g/mol. The second-order valence-corrected chi connectivity index (χ2v) is 15.2. The molecule has 2 heterocycles. The zero-order valence-corrected chi connectivity index (χ0v) is 25.5. The number of aryl methyl sites for hydroxylation is 1. The van der Waals surface area contributed by atoms with Gasteiger partial charge in [0, 0.05) is 44.6 Å². The molecule has 9 heteroatoms. The molecule has 0 radical (unpaired) electrons. The van der Waals surface area contributed by atoms with E-state index in [-0.39, 0.29) is 29.6 Å². The lowest BCUT2D eigenvalue weighted by molar-refractivity contribution is -0.143. The van der Waals surface area contributed by atoms with E-state index in [1.165, 1.54) is 35.4 Å². The van der Waals surface area contributed by atoms with Crippen molar-refractivity contribution in [3.8, 4) is 0 Å². The van der Waals surface area contributed by atoms with Crippen LogP contribution >= 0.6 is 0 Å². The normalized spacial score (nSPS) is 23.7. The van der Waals surface area contributed by atoms with Gasteiger partial charge in [0.15, 0.2) is 9.84 Å². The van der Waals surface area contributed by atoms with Gasteiger partial charge in [-0.25, -0.2) is 17.2 Å². The minimum absolute atomic E-state index is 0.0610. The number of aliphatic carboxylic acids is 1. The molecule has 2 aromatic carbocycles. The highest BCUT2D eigenvalue weighted by Gasteiger charge is 2.42. The molecule has 1 saturated carbocycles. The Bertz CT molecular complexity index is 1340. The van der Waals surface area contributed by atoms with Crippen LogP contribution in [0.2, 0.25) is 0 Å². The Labute approximate surface area is 249 Å². The van der Waals surface area contributed by atoms with Gasteiger partial charge in [-0.15, -0.1) is 0 Å². The van der Waals surface area contributed by atoms with E-state index in [2.05, 4.69) is 41.0 Å². The summed E-state index contributed by atoms with van der Waals surface area (Å²) in [7, 11) is -3.36. The fourth-order valence-electron chi connectivity index (χ4n) is 7.05. The summed E-state index contributed by atoms with van der Waals surface area (Å²) >= 11 is 0. The van der Waals surface area contributed by atoms with Gasteiger partial charge in [-0.2, -0.15) is 0 Å². The zero-order chi connectivity index (χ0) is 30.1. The standard InChI is InChI=1S/C33H44F2N2O4S/c1-23-4-3-5-27(16-23)30-22-37(31(32(38)39)17-24-6-7-24)21-28(30)20-36-14-12-26(13-15-36)19-33(34,35)18-25-8-10-29(11-9-25)42(2,40)41/h3-5,8-11,16,24,26,28,30-31H,6-7,12-15,17-22H2,1-2H3,(H,38,39). The third-order valence-electron chi connectivity index (χ3n) is 9.52. The summed E-state index contributed by atoms with van der Waals surface area (Å²) in [6.45, 7) is 5.96. The highest BCUT2D eigenvalue weighted by Crippen LogP contribution is 2.40. The summed E-state index contributed by atoms with van der Waals surface area (Å²) in [5, 5.41) is 10.0. The summed E-state index contributed by atoms with van der Waals surface area (Å²) in [4.78, 5) is 16.9. The number of hydrogen-bond acceptors (Lipinski definition) is 5. The quantitative estimate of drug-likeness (QED) is 0.339. The van der Waals surface area contributed by atoms with Crippen LogP contribution in [-0.2, 0) is 21.1 Å². The van der Waals surface area contributed by atoms with E-state index in [0.29, 0.717) is 30.2 Å². The molecule has 1 aliphatic carbocycles. The van der Waals surface area contributed by atoms with Crippen LogP contribution in [0.3, 0.4) is 0 Å². The molecule has 0 aromatic heterocycles. The van der Waals surface area contributed by atoms with Gasteiger partial charge in [0.1, 0.15) is 6.04 Å². The first-order valence-electron chi connectivity index (χ1n) is 15.3. The number of piperidine rings is 1. The fraction of sp³-hybridized carbons (Fsp3) is 0.606. The minimum Gasteiger partial charge on any atom is -0.480 e. The van der Waals surface area contributed by atoms with Gasteiger partial charge >= 0.3 is 5.97 Å². The van der Waals surface area contributed by atoms with Crippen molar-refractivity contribution in [2.75, 3.05) is 39.0 Å². The van der Waals surface area contributed by atoms with Crippen LogP contribution in [-0.4, -0.2) is 80.2 Å². The number of alkyl halides is 2. The van der Waals surface area contributed by atoms with E-state index in [4.69, 9.17) is 0 Å². The van der Waals surface area contributed by atoms with Crippen LogP contribution in [0.15, 0.2) is 53.4 Å². The van der Waals surface area contributed by atoms with Gasteiger partial charge < -0.3 is 10.0 Å². The number of sulfone groups is 1. The molecule has 1 N–H and O–H groups in total. The van der Waals surface area contributed by atoms with Crippen molar-refractivity contribution in [2.45, 2.75) is 74.6 Å². The molecule has 2 saturated heterocycles. The SMILES string of the molecule is Cc1cccc(C2CN(C(CC3CC3)C(=O)O)CC2CN2CCC(CC(F)(F)Cc3ccc(S(C)(=O)=O)cc3)CC2)c1. The molecule has 230 valence electrons. The number of carboxylic acids is 1. The molecule has 5 rings (SSSR count). The largest absolute Gasteiger partial charge is 0.480 e. The molecule has 6 nitrogen and oxygen atoms in total. The van der Waals surface area contributed by atoms with Crippen LogP contribution in [0.25, 0.3) is 0 Å². The number of carboxylic acid groups (broad SMARTS) is 1. The minimum atomic E-state index is -3.36. The first-order chi connectivity index (χ1) is 19.9. The summed E-state index contributed by atoms with van der Waals surface area (Å²) < 4.78 is 53.4. The van der Waals surface area contributed by atoms with Crippen LogP contribution in [0.4, 0.5) is 8.78 Å². The Morgan fingerprint density at radius 2 is 1.71 bits per heavy atom. The van der Waals surface area contributed by atoms with E-state index in [1.807, 2.05) is 0 Å². The predicted octanol–water partition coefficient (Wildman–Crippen LogP) is 5.65. The van der Waals surface area contributed by atoms with Gasteiger partial charge in [-0.3, -0.25) is 9.69 Å². The maximum Gasteiger partial charge on any atom is 0.320 e. The van der Waals surface area contributed by atoms with Crippen molar-refractivity contribution in [1.82, 2.24) is 9.80 Å². The van der Waals surface area contributed by atoms with E-state index in [1.54, 1.807) is 0 Å². The lowest BCUT2D eigenvalue weighted by Crippen LogP contribution is -2.42. The summed E-state index contributed by atoms with van der Waals surface area (Å²) in [6, 6.07) is 13.9. The molecular formula is C33H44F2N2O4S. The van der Waals surface area contributed by atoms with Crippen molar-refractivity contribution in [2.24, 2.45) is 17.8 Å². The molecule has 0 bridgehead atoms. The zero-order valence-electron chi connectivity index (χ0n) is 24.7. The lowest BCUT2D eigenvalue weighted by Gasteiger charge is -2.36. The number of hydrogen-bond donors (Lipinski definition) is 1. The molecule has 0 amide bonds. The summed E-state index contributed by atoms with van der Waals surface area (Å²) in [5.74, 6) is -2.56. The van der Waals surface area contributed by atoms with Crippen molar-refractivity contribution >= 4 is 15.8 Å². The Morgan fingerprint density at radius 1 is 1.02 bits per heavy atom. The molecule has 3 unspecified atom stereocenters. The van der Waals surface area contributed by atoms with Gasteiger partial charge in [-0.05, 0) is 80.3 Å². The van der Waals surface area contributed by atoms with Gasteiger partial charge in [-0.1, -0.05) is 54.8 Å². The van der Waals surface area contributed by atoms with E-state index < -0.39 is 27.8 Å². The van der Waals surface area contributed by atoms with Crippen LogP contribution in [0.1, 0.15) is 61.1 Å². The monoisotopic (exact) mass is 602 g/mol. The first-order valence-corrected chi connectivity index (χ1v) is 17.2. The molecule has 0 spiro atoms. The first kappa shape index (κ1) is 31.1. The molecule has 3 fully saturated rings. The Morgan fingerprint density at radius 3 is 2.31 bits per heavy atom. The second kappa shape index (κ2) is 12.7. The topological polar surface area (TPSA) is 77.9 Å². The Hall–Kier alpha value is -2.36. The van der Waals surface area contributed by atoms with Crippen molar-refractivity contribution < 1.29 is 27.1 Å². The van der Waals surface area contributed by atoms with Crippen molar-refractivity contribution in [1.29, 1.82) is 0 Å². The maximum atomic E-state index is 15.0. The maximum absolute atomic E-state index is 15.0. The molecule has 3 aliphatic rings. The third kappa shape index (κ3) is 8.17. The average molecular weight is 603 g/mol. The number of likely N-dealkylation sites (tertiary alicyclic amines) is 2. The van der Waals surface area contributed by atoms with E-state index in [0.717, 1.165) is 58.2 Å². The molecule has 42 heavy (non-hydrogen) atoms. The fourth-order valence-corrected chi connectivity index (χ4v) is 7.68. The summed E-state index contributed by atoms with van der Waals surface area (Å²) in [5.41, 5.74) is 2.90.